The highest BCUT2D eigenvalue weighted by Crippen LogP contribution is 2.16. The van der Waals surface area contributed by atoms with Gasteiger partial charge in [0.15, 0.2) is 5.82 Å². The summed E-state index contributed by atoms with van der Waals surface area (Å²) < 4.78 is 10.6. The lowest BCUT2D eigenvalue weighted by Crippen LogP contribution is -2.26. The molecule has 0 aromatic carbocycles. The zero-order chi connectivity index (χ0) is 15.9. The maximum atomic E-state index is 12.1. The molecule has 1 fully saturated rings. The van der Waals surface area contributed by atoms with Crippen LogP contribution in [-0.4, -0.2) is 47.7 Å². The van der Waals surface area contributed by atoms with Gasteiger partial charge in [-0.05, 0) is 45.7 Å². The maximum absolute atomic E-state index is 12.1. The number of aromatic nitrogens is 2. The van der Waals surface area contributed by atoms with Crippen molar-refractivity contribution in [2.45, 2.75) is 45.8 Å². The third-order valence-electron chi connectivity index (χ3n) is 3.99. The van der Waals surface area contributed by atoms with E-state index in [9.17, 15) is 4.79 Å². The average Bonchev–Trinajstić information content (AvgIpc) is 3.16. The van der Waals surface area contributed by atoms with Crippen LogP contribution in [0.3, 0.4) is 0 Å². The van der Waals surface area contributed by atoms with Crippen molar-refractivity contribution in [3.8, 4) is 0 Å². The van der Waals surface area contributed by atoms with Gasteiger partial charge in [0, 0.05) is 20.1 Å². The highest BCUT2D eigenvalue weighted by Gasteiger charge is 2.19. The largest absolute Gasteiger partial charge is 0.371 e. The number of halogens is 1. The summed E-state index contributed by atoms with van der Waals surface area (Å²) in [6.07, 6.45) is 2.48. The Balaban J connectivity index is 0.00000264. The summed E-state index contributed by atoms with van der Waals surface area (Å²) >= 11 is 0. The summed E-state index contributed by atoms with van der Waals surface area (Å²) in [5.74, 6) is 1.71. The van der Waals surface area contributed by atoms with Crippen LogP contribution in [0.15, 0.2) is 4.52 Å². The van der Waals surface area contributed by atoms with Crippen LogP contribution in [0.25, 0.3) is 0 Å². The summed E-state index contributed by atoms with van der Waals surface area (Å²) in [5, 5.41) is 7.22. The van der Waals surface area contributed by atoms with Gasteiger partial charge in [0.2, 0.25) is 11.8 Å². The normalized spacial score (nSPS) is 18.5. The number of ether oxygens (including phenoxy) is 1. The molecule has 0 spiro atoms. The zero-order valence-electron chi connectivity index (χ0n) is 14.1. The number of carbonyl (C=O) groups excluding carboxylic acids is 1. The predicted molar refractivity (Wildman–Crippen MR) is 88.3 cm³/mol. The molecule has 0 radical (unpaired) electrons. The van der Waals surface area contributed by atoms with Crippen molar-refractivity contribution in [2.75, 3.05) is 26.7 Å². The van der Waals surface area contributed by atoms with Gasteiger partial charge in [-0.15, -0.1) is 12.4 Å². The molecule has 2 atom stereocenters. The van der Waals surface area contributed by atoms with E-state index < -0.39 is 0 Å². The van der Waals surface area contributed by atoms with E-state index in [1.807, 2.05) is 13.8 Å². The topological polar surface area (TPSA) is 80.5 Å². The lowest BCUT2D eigenvalue weighted by molar-refractivity contribution is -0.131. The zero-order valence-corrected chi connectivity index (χ0v) is 14.9. The molecule has 2 rings (SSSR count). The molecule has 1 aromatic rings. The minimum Gasteiger partial charge on any atom is -0.371 e. The highest BCUT2D eigenvalue weighted by atomic mass is 35.5. The van der Waals surface area contributed by atoms with Crippen LogP contribution in [0.5, 0.6) is 0 Å². The number of nitrogens with zero attached hydrogens (tertiary/aromatic N) is 3. The van der Waals surface area contributed by atoms with E-state index in [4.69, 9.17) is 9.26 Å². The third-order valence-corrected chi connectivity index (χ3v) is 3.99. The molecular formula is C15H27ClN4O3. The minimum absolute atomic E-state index is 0. The van der Waals surface area contributed by atoms with Crippen LogP contribution < -0.4 is 5.32 Å². The van der Waals surface area contributed by atoms with E-state index in [-0.39, 0.29) is 24.4 Å². The summed E-state index contributed by atoms with van der Waals surface area (Å²) in [6, 6.07) is 0. The summed E-state index contributed by atoms with van der Waals surface area (Å²) in [7, 11) is 1.77. The van der Waals surface area contributed by atoms with Crippen molar-refractivity contribution >= 4 is 18.3 Å². The van der Waals surface area contributed by atoms with Crippen LogP contribution in [0.1, 0.15) is 50.9 Å². The number of hydrogen-bond donors (Lipinski definition) is 1. The van der Waals surface area contributed by atoms with E-state index in [0.717, 1.165) is 19.5 Å². The minimum atomic E-state index is -0.196. The second-order valence-corrected chi connectivity index (χ2v) is 5.79. The Hall–Kier alpha value is -1.18. The lowest BCUT2D eigenvalue weighted by atomic mass is 10.0. The van der Waals surface area contributed by atoms with Crippen LogP contribution in [0.4, 0.5) is 0 Å². The molecule has 1 N–H and O–H groups in total. The monoisotopic (exact) mass is 346 g/mol. The maximum Gasteiger partial charge on any atom is 0.246 e. The van der Waals surface area contributed by atoms with Gasteiger partial charge in [0.05, 0.1) is 6.54 Å². The highest BCUT2D eigenvalue weighted by molar-refractivity contribution is 5.85. The Bertz CT molecular complexity index is 477. The van der Waals surface area contributed by atoms with Gasteiger partial charge in [-0.3, -0.25) is 4.79 Å². The van der Waals surface area contributed by atoms with E-state index in [1.54, 1.807) is 11.9 Å². The molecule has 2 heterocycles. The number of rotatable bonds is 8. The predicted octanol–water partition coefficient (Wildman–Crippen LogP) is 1.94. The Morgan fingerprint density at radius 3 is 3.00 bits per heavy atom. The fourth-order valence-electron chi connectivity index (χ4n) is 2.59. The van der Waals surface area contributed by atoms with Crippen LogP contribution in [-0.2, 0) is 16.1 Å². The second-order valence-electron chi connectivity index (χ2n) is 5.79. The number of nitrogens with one attached hydrogen (secondary N) is 1. The van der Waals surface area contributed by atoms with Gasteiger partial charge in [0.25, 0.3) is 0 Å². The molecule has 1 aliphatic rings. The second kappa shape index (κ2) is 9.85. The molecule has 23 heavy (non-hydrogen) atoms. The number of hydrogen-bond acceptors (Lipinski definition) is 6. The summed E-state index contributed by atoms with van der Waals surface area (Å²) in [6.45, 7) is 6.83. The van der Waals surface area contributed by atoms with Crippen LogP contribution in [0, 0.1) is 5.92 Å². The lowest BCUT2D eigenvalue weighted by Gasteiger charge is -2.16. The van der Waals surface area contributed by atoms with Gasteiger partial charge < -0.3 is 19.5 Å². The van der Waals surface area contributed by atoms with Crippen LogP contribution >= 0.6 is 12.4 Å². The molecule has 0 saturated carbocycles. The van der Waals surface area contributed by atoms with Crippen molar-refractivity contribution in [2.24, 2.45) is 5.92 Å². The Morgan fingerprint density at radius 1 is 1.57 bits per heavy atom. The van der Waals surface area contributed by atoms with Crippen molar-refractivity contribution in [1.82, 2.24) is 20.4 Å². The molecule has 7 nitrogen and oxygen atoms in total. The van der Waals surface area contributed by atoms with Gasteiger partial charge in [-0.25, -0.2) is 0 Å². The Labute approximate surface area is 143 Å². The molecule has 8 heteroatoms. The fourth-order valence-corrected chi connectivity index (χ4v) is 2.59. The molecule has 1 aliphatic heterocycles. The number of amides is 1. The Kier molecular flexibility index (Phi) is 8.51. The van der Waals surface area contributed by atoms with Crippen LogP contribution in [0.2, 0.25) is 0 Å². The average molecular weight is 347 g/mol. The van der Waals surface area contributed by atoms with Crippen molar-refractivity contribution in [3.63, 3.8) is 0 Å². The summed E-state index contributed by atoms with van der Waals surface area (Å²) in [5.41, 5.74) is 0. The van der Waals surface area contributed by atoms with Gasteiger partial charge in [-0.1, -0.05) is 5.16 Å². The first-order chi connectivity index (χ1) is 10.6. The first-order valence-corrected chi connectivity index (χ1v) is 7.99. The number of carbonyl (C=O) groups is 1. The van der Waals surface area contributed by atoms with Crippen molar-refractivity contribution < 1.29 is 14.1 Å². The van der Waals surface area contributed by atoms with Gasteiger partial charge in [0.1, 0.15) is 6.10 Å². The van der Waals surface area contributed by atoms with Crippen molar-refractivity contribution in [3.05, 3.63) is 11.7 Å². The van der Waals surface area contributed by atoms with E-state index in [0.29, 0.717) is 37.2 Å². The third kappa shape index (κ3) is 6.08. The molecule has 0 aliphatic carbocycles. The SMILES string of the molecule is CCOC(C)c1noc(CN(C)C(=O)CCC2CCNC2)n1.Cl. The molecule has 1 amide bonds. The van der Waals surface area contributed by atoms with E-state index >= 15 is 0 Å². The van der Waals surface area contributed by atoms with Crippen molar-refractivity contribution in [1.29, 1.82) is 0 Å². The molecular weight excluding hydrogens is 320 g/mol. The standard InChI is InChI=1S/C15H26N4O3.ClH/c1-4-21-11(2)15-17-13(22-18-15)10-19(3)14(20)6-5-12-7-8-16-9-12;/h11-12,16H,4-10H2,1-3H3;1H. The molecule has 0 bridgehead atoms. The molecule has 1 aromatic heterocycles. The molecule has 1 saturated heterocycles. The Morgan fingerprint density at radius 2 is 2.35 bits per heavy atom. The van der Waals surface area contributed by atoms with Gasteiger partial charge in [-0.2, -0.15) is 4.98 Å². The molecule has 2 unspecified atom stereocenters. The molecule has 132 valence electrons. The van der Waals surface area contributed by atoms with E-state index in [2.05, 4.69) is 15.5 Å². The van der Waals surface area contributed by atoms with E-state index in [1.165, 1.54) is 6.42 Å². The smallest absolute Gasteiger partial charge is 0.246 e. The summed E-state index contributed by atoms with van der Waals surface area (Å²) in [4.78, 5) is 18.1. The first kappa shape index (κ1) is 19.9. The fraction of sp³-hybridized carbons (Fsp3) is 0.800. The first-order valence-electron chi connectivity index (χ1n) is 7.99. The quantitative estimate of drug-likeness (QED) is 0.774. The van der Waals surface area contributed by atoms with Gasteiger partial charge >= 0.3 is 0 Å².